The van der Waals surface area contributed by atoms with Crippen LogP contribution < -0.4 is 4.90 Å². The van der Waals surface area contributed by atoms with Gasteiger partial charge in [-0.05, 0) is 0 Å². The van der Waals surface area contributed by atoms with E-state index in [9.17, 15) is 13.2 Å². The third kappa shape index (κ3) is 2.52. The van der Waals surface area contributed by atoms with Gasteiger partial charge in [-0.3, -0.25) is 9.69 Å². The minimum Gasteiger partial charge on any atom is -0.390 e. The molecule has 0 radical (unpaired) electrons. The first-order chi connectivity index (χ1) is 8.21. The molecule has 0 aliphatic rings. The number of aliphatic hydroxyl groups is 1. The van der Waals surface area contributed by atoms with Gasteiger partial charge < -0.3 is 5.11 Å². The number of anilines is 1. The second-order valence-corrected chi connectivity index (χ2v) is 5.83. The van der Waals surface area contributed by atoms with Gasteiger partial charge in [0.1, 0.15) is 0 Å². The molecule has 0 aliphatic carbocycles. The van der Waals surface area contributed by atoms with Crippen molar-refractivity contribution in [3.8, 4) is 0 Å². The van der Waals surface area contributed by atoms with E-state index in [1.165, 1.54) is 34.1 Å². The molecule has 1 aromatic rings. The average Bonchev–Trinajstić information content (AvgIpc) is 2.71. The maximum atomic E-state index is 12.0. The molecule has 0 saturated heterocycles. The summed E-state index contributed by atoms with van der Waals surface area (Å²) in [6, 6.07) is 1.35. The van der Waals surface area contributed by atoms with Crippen LogP contribution in [0.1, 0.15) is 12.6 Å². The zero-order valence-corrected chi connectivity index (χ0v) is 11.5. The molecule has 0 bridgehead atoms. The lowest BCUT2D eigenvalue weighted by Crippen LogP contribution is -2.34. The van der Waals surface area contributed by atoms with Gasteiger partial charge in [-0.25, -0.2) is 0 Å². The number of hydrogen-bond donors (Lipinski definition) is 1. The number of hydrogen-bond acceptors (Lipinski definition) is 5. The maximum absolute atomic E-state index is 12.0. The fourth-order valence-electron chi connectivity index (χ4n) is 1.19. The van der Waals surface area contributed by atoms with Crippen LogP contribution in [-0.2, 0) is 21.6 Å². The van der Waals surface area contributed by atoms with E-state index in [2.05, 4.69) is 5.10 Å². The summed E-state index contributed by atoms with van der Waals surface area (Å²) in [7, 11) is 0.300. The number of aliphatic hydroxyl groups excluding tert-OH is 1. The van der Waals surface area contributed by atoms with E-state index in [1.54, 1.807) is 0 Å². The molecule has 0 unspecified atom stereocenters. The van der Waals surface area contributed by atoms with Crippen molar-refractivity contribution in [2.24, 2.45) is 0 Å². The summed E-state index contributed by atoms with van der Waals surface area (Å²) in [6.45, 7) is 0.896. The molecule has 9 heteroatoms. The van der Waals surface area contributed by atoms with Crippen molar-refractivity contribution < 1.29 is 18.3 Å². The first-order valence-electron chi connectivity index (χ1n) is 5.09. The number of amides is 1. The standard InChI is InChI=1S/C9H16N4O4S/c1-7(15)12(4)9-5-8(6-14)10-13(9)18(16,17)11(2)3/h5,14H,6H2,1-4H3. The molecule has 1 aromatic heterocycles. The second-order valence-electron chi connectivity index (χ2n) is 3.86. The van der Waals surface area contributed by atoms with Gasteiger partial charge in [-0.15, -0.1) is 4.09 Å². The van der Waals surface area contributed by atoms with Gasteiger partial charge in [-0.1, -0.05) is 0 Å². The molecular weight excluding hydrogens is 260 g/mol. The Bertz CT molecular complexity index is 549. The van der Waals surface area contributed by atoms with Gasteiger partial charge in [0.2, 0.25) is 5.91 Å². The third-order valence-corrected chi connectivity index (χ3v) is 4.00. The summed E-state index contributed by atoms with van der Waals surface area (Å²) in [5.74, 6) is -0.255. The van der Waals surface area contributed by atoms with E-state index in [4.69, 9.17) is 5.11 Å². The smallest absolute Gasteiger partial charge is 0.324 e. The minimum absolute atomic E-state index is 0.0836. The quantitative estimate of drug-likeness (QED) is 0.762. The summed E-state index contributed by atoms with van der Waals surface area (Å²) in [6.07, 6.45) is 0. The molecule has 8 nitrogen and oxygen atoms in total. The number of nitrogens with zero attached hydrogens (tertiary/aromatic N) is 4. The highest BCUT2D eigenvalue weighted by molar-refractivity contribution is 7.87. The Morgan fingerprint density at radius 3 is 2.39 bits per heavy atom. The van der Waals surface area contributed by atoms with Crippen molar-refractivity contribution in [3.05, 3.63) is 11.8 Å². The second kappa shape index (κ2) is 5.04. The molecule has 102 valence electrons. The van der Waals surface area contributed by atoms with Crippen LogP contribution >= 0.6 is 0 Å². The van der Waals surface area contributed by atoms with E-state index in [0.29, 0.717) is 0 Å². The van der Waals surface area contributed by atoms with E-state index < -0.39 is 16.8 Å². The van der Waals surface area contributed by atoms with Gasteiger partial charge in [0.15, 0.2) is 5.82 Å². The van der Waals surface area contributed by atoms with Crippen molar-refractivity contribution in [2.75, 3.05) is 26.0 Å². The fraction of sp³-hybridized carbons (Fsp3) is 0.556. The van der Waals surface area contributed by atoms with Crippen molar-refractivity contribution >= 4 is 21.9 Å². The molecule has 0 saturated carbocycles. The summed E-state index contributed by atoms with van der Waals surface area (Å²) in [5.41, 5.74) is 0.170. The van der Waals surface area contributed by atoms with Gasteiger partial charge in [0.05, 0.1) is 12.3 Å². The highest BCUT2D eigenvalue weighted by atomic mass is 32.2. The van der Waals surface area contributed by atoms with Gasteiger partial charge in [-0.2, -0.15) is 17.8 Å². The first-order valence-corrected chi connectivity index (χ1v) is 6.48. The lowest BCUT2D eigenvalue weighted by atomic mass is 10.4. The largest absolute Gasteiger partial charge is 0.390 e. The van der Waals surface area contributed by atoms with Crippen LogP contribution in [0.25, 0.3) is 0 Å². The van der Waals surface area contributed by atoms with Crippen LogP contribution in [-0.4, -0.2) is 54.1 Å². The topological polar surface area (TPSA) is 95.7 Å². The Balaban J connectivity index is 3.44. The van der Waals surface area contributed by atoms with E-state index in [1.807, 2.05) is 0 Å². The molecule has 1 rings (SSSR count). The SMILES string of the molecule is CC(=O)N(C)c1cc(CO)nn1S(=O)(=O)N(C)C. The first kappa shape index (κ1) is 14.6. The van der Waals surface area contributed by atoms with Crippen molar-refractivity contribution in [1.29, 1.82) is 0 Å². The van der Waals surface area contributed by atoms with Crippen molar-refractivity contribution in [3.63, 3.8) is 0 Å². The Kier molecular flexibility index (Phi) is 4.09. The summed E-state index contributed by atoms with van der Waals surface area (Å²) >= 11 is 0. The summed E-state index contributed by atoms with van der Waals surface area (Å²) in [5, 5.41) is 12.8. The monoisotopic (exact) mass is 276 g/mol. The highest BCUT2D eigenvalue weighted by Gasteiger charge is 2.25. The third-order valence-electron chi connectivity index (χ3n) is 2.37. The van der Waals surface area contributed by atoms with E-state index in [-0.39, 0.29) is 17.4 Å². The summed E-state index contributed by atoms with van der Waals surface area (Å²) < 4.78 is 25.7. The Morgan fingerprint density at radius 2 is 2.00 bits per heavy atom. The molecule has 0 aromatic carbocycles. The molecule has 18 heavy (non-hydrogen) atoms. The van der Waals surface area contributed by atoms with Crippen LogP contribution in [0.5, 0.6) is 0 Å². The van der Waals surface area contributed by atoms with Crippen LogP contribution in [0.4, 0.5) is 5.82 Å². The normalized spacial score (nSPS) is 11.9. The van der Waals surface area contributed by atoms with Crippen molar-refractivity contribution in [1.82, 2.24) is 13.5 Å². The molecule has 0 spiro atoms. The van der Waals surface area contributed by atoms with Crippen LogP contribution in [0, 0.1) is 0 Å². The molecular formula is C9H16N4O4S. The van der Waals surface area contributed by atoms with Gasteiger partial charge in [0, 0.05) is 34.1 Å². The highest BCUT2D eigenvalue weighted by Crippen LogP contribution is 2.18. The van der Waals surface area contributed by atoms with Gasteiger partial charge >= 0.3 is 10.2 Å². The number of carbonyl (C=O) groups excluding carboxylic acids is 1. The number of rotatable bonds is 4. The van der Waals surface area contributed by atoms with Crippen LogP contribution in [0.15, 0.2) is 6.07 Å². The summed E-state index contributed by atoms with van der Waals surface area (Å²) in [4.78, 5) is 12.5. The van der Waals surface area contributed by atoms with E-state index >= 15 is 0 Å². The fourth-order valence-corrected chi connectivity index (χ4v) is 2.12. The van der Waals surface area contributed by atoms with Crippen LogP contribution in [0.3, 0.4) is 0 Å². The molecule has 1 N–H and O–H groups in total. The lowest BCUT2D eigenvalue weighted by Gasteiger charge is -2.18. The van der Waals surface area contributed by atoms with Gasteiger partial charge in [0.25, 0.3) is 0 Å². The predicted molar refractivity (Wildman–Crippen MR) is 65.2 cm³/mol. The Hall–Kier alpha value is -1.45. The lowest BCUT2D eigenvalue weighted by molar-refractivity contribution is -0.116. The zero-order chi connectivity index (χ0) is 14.1. The maximum Gasteiger partial charge on any atom is 0.324 e. The molecule has 0 fully saturated rings. The average molecular weight is 276 g/mol. The number of carbonyl (C=O) groups is 1. The molecule has 0 atom stereocenters. The Labute approximate surface area is 106 Å². The van der Waals surface area contributed by atoms with Crippen LogP contribution in [0.2, 0.25) is 0 Å². The minimum atomic E-state index is -3.84. The number of aromatic nitrogens is 2. The molecule has 1 heterocycles. The molecule has 0 aliphatic heterocycles. The zero-order valence-electron chi connectivity index (χ0n) is 10.7. The predicted octanol–water partition coefficient (Wildman–Crippen LogP) is -0.987. The Morgan fingerprint density at radius 1 is 1.44 bits per heavy atom. The van der Waals surface area contributed by atoms with E-state index in [0.717, 1.165) is 13.3 Å². The van der Waals surface area contributed by atoms with Crippen molar-refractivity contribution in [2.45, 2.75) is 13.5 Å². The molecule has 1 amide bonds.